The molecule has 0 aromatic heterocycles. The zero-order chi connectivity index (χ0) is 54.8. The van der Waals surface area contributed by atoms with E-state index in [1.807, 2.05) is 89.2 Å². The summed E-state index contributed by atoms with van der Waals surface area (Å²) in [5.74, 6) is 2.88. The fourth-order valence-electron chi connectivity index (χ4n) is 6.65. The second-order valence-electron chi connectivity index (χ2n) is 21.5. The smallest absolute Gasteiger partial charge is 0.124 e. The maximum absolute atomic E-state index is 6.17. The van der Waals surface area contributed by atoms with Crippen molar-refractivity contribution in [2.75, 3.05) is 0 Å². The van der Waals surface area contributed by atoms with E-state index in [2.05, 4.69) is 228 Å². The molecule has 0 aliphatic rings. The summed E-state index contributed by atoms with van der Waals surface area (Å²) in [6.07, 6.45) is 0. The Kier molecular flexibility index (Phi) is 31.6. The Morgan fingerprint density at radius 1 is 0.275 bits per heavy atom. The van der Waals surface area contributed by atoms with Crippen molar-refractivity contribution < 1.29 is 14.2 Å². The third-order valence-electron chi connectivity index (χ3n) is 9.26. The minimum Gasteiger partial charge on any atom is -0.488 e. The summed E-state index contributed by atoms with van der Waals surface area (Å²) in [4.78, 5) is 0. The lowest BCUT2D eigenvalue weighted by Crippen LogP contribution is -2.25. The minimum atomic E-state index is -0.178. The Bertz CT molecular complexity index is 2270. The zero-order valence-corrected chi connectivity index (χ0v) is 50.6. The molecule has 6 aromatic rings. The lowest BCUT2D eigenvalue weighted by molar-refractivity contribution is 0.128. The first-order valence-electron chi connectivity index (χ1n) is 26.7. The number of benzene rings is 6. The summed E-state index contributed by atoms with van der Waals surface area (Å²) >= 11 is 0. The van der Waals surface area contributed by atoms with Crippen LogP contribution in [0.3, 0.4) is 0 Å². The Hall–Kier alpha value is -4.50. The third kappa shape index (κ3) is 25.8. The van der Waals surface area contributed by atoms with Gasteiger partial charge in [0.25, 0.3) is 0 Å². The van der Waals surface area contributed by atoms with Crippen LogP contribution in [0.25, 0.3) is 32.3 Å². The molecule has 0 fully saturated rings. The summed E-state index contributed by atoms with van der Waals surface area (Å²) in [6.45, 7) is 62.9. The van der Waals surface area contributed by atoms with Crippen LogP contribution in [0.15, 0.2) is 109 Å². The molecule has 0 aliphatic heterocycles. The molecule has 69 heavy (non-hydrogen) atoms. The van der Waals surface area contributed by atoms with Gasteiger partial charge in [-0.05, 0) is 158 Å². The van der Waals surface area contributed by atoms with Gasteiger partial charge in [0.2, 0.25) is 0 Å². The molecule has 0 amide bonds. The highest BCUT2D eigenvalue weighted by Crippen LogP contribution is 2.37. The monoisotopic (exact) mass is 949 g/mol. The van der Waals surface area contributed by atoms with Gasteiger partial charge < -0.3 is 14.2 Å². The van der Waals surface area contributed by atoms with Gasteiger partial charge in [-0.1, -0.05) is 218 Å². The molecule has 0 atom stereocenters. The van der Waals surface area contributed by atoms with Gasteiger partial charge >= 0.3 is 0 Å². The van der Waals surface area contributed by atoms with E-state index < -0.39 is 0 Å². The van der Waals surface area contributed by atoms with Crippen LogP contribution in [0, 0.1) is 0 Å². The molecule has 0 spiro atoms. The Labute approximate surface area is 428 Å². The average Bonchev–Trinajstić information content (AvgIpc) is 3.27. The van der Waals surface area contributed by atoms with E-state index in [1.165, 1.54) is 49.0 Å². The predicted octanol–water partition coefficient (Wildman–Crippen LogP) is 22.1. The molecule has 6 rings (SSSR count). The Balaban J connectivity index is -0.000000851. The molecular formula is C66H108O3. The minimum absolute atomic E-state index is 0.0740. The Morgan fingerprint density at radius 2 is 0.667 bits per heavy atom. The van der Waals surface area contributed by atoms with E-state index in [0.29, 0.717) is 0 Å². The fraction of sp³-hybridized carbons (Fsp3) is 0.545. The van der Waals surface area contributed by atoms with Crippen molar-refractivity contribution in [3.05, 3.63) is 126 Å². The molecule has 0 unspecified atom stereocenters. The van der Waals surface area contributed by atoms with Crippen LogP contribution < -0.4 is 14.2 Å². The SMILES string of the molecule is CC.CC.CC.CC.CC.CC.CC(C)(C)Oc1cc2ccccc2cc1C(C)(C)C.CC(C)(C)Oc1ccc2ccc(C(C)(C)C)cc2c1.CC(C)(C)Oc1ccc2cccc(C(C)(C)C)c2c1. The summed E-state index contributed by atoms with van der Waals surface area (Å²) in [5, 5.41) is 7.57. The highest BCUT2D eigenvalue weighted by molar-refractivity contribution is 5.88. The fourth-order valence-corrected chi connectivity index (χ4v) is 6.65. The van der Waals surface area contributed by atoms with Gasteiger partial charge in [0.1, 0.15) is 34.1 Å². The van der Waals surface area contributed by atoms with Gasteiger partial charge in [-0.25, -0.2) is 0 Å². The van der Waals surface area contributed by atoms with Gasteiger partial charge in [0, 0.05) is 5.56 Å². The van der Waals surface area contributed by atoms with E-state index in [0.717, 1.165) is 17.2 Å². The van der Waals surface area contributed by atoms with Crippen LogP contribution in [0.2, 0.25) is 0 Å². The van der Waals surface area contributed by atoms with E-state index in [9.17, 15) is 0 Å². The van der Waals surface area contributed by atoms with Crippen LogP contribution in [-0.4, -0.2) is 16.8 Å². The third-order valence-corrected chi connectivity index (χ3v) is 9.26. The second-order valence-corrected chi connectivity index (χ2v) is 21.5. The van der Waals surface area contributed by atoms with E-state index in [4.69, 9.17) is 14.2 Å². The van der Waals surface area contributed by atoms with Crippen molar-refractivity contribution in [1.82, 2.24) is 0 Å². The van der Waals surface area contributed by atoms with Gasteiger partial charge in [0.15, 0.2) is 0 Å². The molecule has 0 saturated carbocycles. The Morgan fingerprint density at radius 3 is 1.09 bits per heavy atom. The molecule has 0 heterocycles. The molecule has 0 radical (unpaired) electrons. The molecule has 0 aliphatic carbocycles. The molecule has 3 heteroatoms. The van der Waals surface area contributed by atoms with Crippen LogP contribution in [0.5, 0.6) is 17.2 Å². The highest BCUT2D eigenvalue weighted by Gasteiger charge is 2.23. The van der Waals surface area contributed by atoms with Gasteiger partial charge in [0.05, 0.1) is 0 Å². The topological polar surface area (TPSA) is 27.7 Å². The number of rotatable bonds is 3. The predicted molar refractivity (Wildman–Crippen MR) is 317 cm³/mol. The number of hydrogen-bond donors (Lipinski definition) is 0. The summed E-state index contributed by atoms with van der Waals surface area (Å²) in [7, 11) is 0. The molecule has 390 valence electrons. The van der Waals surface area contributed by atoms with E-state index in [1.54, 1.807) is 0 Å². The average molecular weight is 950 g/mol. The summed E-state index contributed by atoms with van der Waals surface area (Å²) in [6, 6.07) is 38.7. The maximum atomic E-state index is 6.17. The molecule has 6 aromatic carbocycles. The maximum Gasteiger partial charge on any atom is 0.124 e. The molecule has 0 bridgehead atoms. The highest BCUT2D eigenvalue weighted by atomic mass is 16.5. The van der Waals surface area contributed by atoms with Crippen molar-refractivity contribution in [1.29, 1.82) is 0 Å². The van der Waals surface area contributed by atoms with Crippen LogP contribution >= 0.6 is 0 Å². The number of fused-ring (bicyclic) bond motifs is 3. The molecular weight excluding hydrogens is 841 g/mol. The van der Waals surface area contributed by atoms with Crippen molar-refractivity contribution in [2.24, 2.45) is 0 Å². The van der Waals surface area contributed by atoms with Crippen molar-refractivity contribution in [2.45, 2.75) is 241 Å². The standard InChI is InChI=1S/3C18H24O.6C2H6/c1-17(2,3)15-9-7-13-8-10-16(12-14(13)11-15)19-18(4,5)6;1-17(2,3)16-9-7-8-13-10-11-14(12-15(13)16)19-18(4,5)6;1-17(2,3)15-11-13-9-7-8-10-14(13)12-16(15)19-18(4,5)6;6*1-2/h3*7-12H,1-6H3;6*1-2H3. The van der Waals surface area contributed by atoms with Crippen LogP contribution in [0.4, 0.5) is 0 Å². The van der Waals surface area contributed by atoms with Gasteiger partial charge in [-0.3, -0.25) is 0 Å². The van der Waals surface area contributed by atoms with E-state index in [-0.39, 0.29) is 33.0 Å². The lowest BCUT2D eigenvalue weighted by Gasteiger charge is -2.28. The van der Waals surface area contributed by atoms with Crippen LogP contribution in [-0.2, 0) is 16.2 Å². The van der Waals surface area contributed by atoms with Gasteiger partial charge in [-0.15, -0.1) is 0 Å². The first kappa shape index (κ1) is 68.8. The first-order chi connectivity index (χ1) is 32.0. The van der Waals surface area contributed by atoms with Gasteiger partial charge in [-0.2, -0.15) is 0 Å². The lowest BCUT2D eigenvalue weighted by atomic mass is 9.84. The molecule has 3 nitrogen and oxygen atoms in total. The normalized spacial score (nSPS) is 11.0. The quantitative estimate of drug-likeness (QED) is 0.177. The largest absolute Gasteiger partial charge is 0.488 e. The van der Waals surface area contributed by atoms with E-state index >= 15 is 0 Å². The van der Waals surface area contributed by atoms with Crippen LogP contribution in [0.1, 0.15) is 224 Å². The summed E-state index contributed by atoms with van der Waals surface area (Å²) in [5.41, 5.74) is 3.88. The number of hydrogen-bond acceptors (Lipinski definition) is 3. The zero-order valence-electron chi connectivity index (χ0n) is 50.6. The second kappa shape index (κ2) is 31.7. The van der Waals surface area contributed by atoms with Crippen molar-refractivity contribution in [3.63, 3.8) is 0 Å². The molecule has 0 N–H and O–H groups in total. The summed E-state index contributed by atoms with van der Waals surface area (Å²) < 4.78 is 18.1. The first-order valence-corrected chi connectivity index (χ1v) is 26.7. The molecule has 0 saturated heterocycles. The number of ether oxygens (including phenoxy) is 3. The van der Waals surface area contributed by atoms with Crippen molar-refractivity contribution in [3.8, 4) is 17.2 Å². The van der Waals surface area contributed by atoms with Crippen molar-refractivity contribution >= 4 is 32.3 Å².